The highest BCUT2D eigenvalue weighted by Crippen LogP contribution is 2.28. The standard InChI is InChI=1S/C25H21ClN2O3/c1-16(14-17-8-4-2-5-9-17)25(30)31-24-23(29)27-21-13-12-19(26)15-20(21)22(28-24)18-10-6-3-7-11-18/h2-13,15-16,24H,14H2,1H3,(H,27,29)/t16?,24-/m0/s1. The maximum atomic E-state index is 12.8. The number of anilines is 1. The monoisotopic (exact) mass is 432 g/mol. The predicted octanol–water partition coefficient (Wildman–Crippen LogP) is 4.88. The highest BCUT2D eigenvalue weighted by Gasteiger charge is 2.30. The van der Waals surface area contributed by atoms with Crippen LogP contribution < -0.4 is 5.32 Å². The van der Waals surface area contributed by atoms with Gasteiger partial charge >= 0.3 is 5.97 Å². The summed E-state index contributed by atoms with van der Waals surface area (Å²) in [4.78, 5) is 30.1. The molecule has 0 aromatic heterocycles. The summed E-state index contributed by atoms with van der Waals surface area (Å²) in [6.45, 7) is 1.78. The van der Waals surface area contributed by atoms with Gasteiger partial charge in [0.05, 0.1) is 17.3 Å². The molecule has 0 saturated carbocycles. The number of nitrogens with one attached hydrogen (secondary N) is 1. The first-order chi connectivity index (χ1) is 15.0. The number of hydrogen-bond donors (Lipinski definition) is 1. The number of halogens is 1. The molecular weight excluding hydrogens is 412 g/mol. The molecule has 1 N–H and O–H groups in total. The molecule has 2 atom stereocenters. The Morgan fingerprint density at radius 3 is 2.45 bits per heavy atom. The van der Waals surface area contributed by atoms with E-state index in [0.717, 1.165) is 11.1 Å². The summed E-state index contributed by atoms with van der Waals surface area (Å²) in [7, 11) is 0. The van der Waals surface area contributed by atoms with Crippen molar-refractivity contribution in [2.75, 3.05) is 5.32 Å². The Kier molecular flexibility index (Phi) is 6.14. The average molecular weight is 433 g/mol. The summed E-state index contributed by atoms with van der Waals surface area (Å²) in [5.41, 5.74) is 3.58. The number of rotatable bonds is 5. The lowest BCUT2D eigenvalue weighted by atomic mass is 10.0. The lowest BCUT2D eigenvalue weighted by Gasteiger charge is -2.16. The molecule has 1 amide bonds. The van der Waals surface area contributed by atoms with Crippen molar-refractivity contribution in [2.24, 2.45) is 10.9 Å². The third kappa shape index (κ3) is 4.84. The quantitative estimate of drug-likeness (QED) is 0.584. The molecule has 0 spiro atoms. The summed E-state index contributed by atoms with van der Waals surface area (Å²) < 4.78 is 5.56. The first kappa shape index (κ1) is 20.8. The molecule has 0 bridgehead atoms. The normalized spacial score (nSPS) is 16.4. The van der Waals surface area contributed by atoms with Gasteiger partial charge in [-0.3, -0.25) is 9.59 Å². The molecule has 3 aromatic rings. The van der Waals surface area contributed by atoms with Crippen LogP contribution in [0.25, 0.3) is 0 Å². The highest BCUT2D eigenvalue weighted by atomic mass is 35.5. The maximum Gasteiger partial charge on any atom is 0.311 e. The van der Waals surface area contributed by atoms with Crippen LogP contribution >= 0.6 is 11.6 Å². The van der Waals surface area contributed by atoms with Crippen LogP contribution in [-0.2, 0) is 20.7 Å². The number of amides is 1. The summed E-state index contributed by atoms with van der Waals surface area (Å²) in [6, 6.07) is 24.2. The molecule has 156 valence electrons. The Hall–Kier alpha value is -3.44. The third-order valence-corrected chi connectivity index (χ3v) is 5.26. The van der Waals surface area contributed by atoms with Gasteiger partial charge in [0.2, 0.25) is 0 Å². The Balaban J connectivity index is 1.64. The summed E-state index contributed by atoms with van der Waals surface area (Å²) in [5, 5.41) is 3.32. The fourth-order valence-electron chi connectivity index (χ4n) is 3.44. The zero-order valence-corrected chi connectivity index (χ0v) is 17.7. The van der Waals surface area contributed by atoms with E-state index in [2.05, 4.69) is 10.3 Å². The SMILES string of the molecule is CC(Cc1ccccc1)C(=O)O[C@@H]1N=C(c2ccccc2)c2cc(Cl)ccc2NC1=O. The van der Waals surface area contributed by atoms with Gasteiger partial charge in [-0.2, -0.15) is 0 Å². The first-order valence-corrected chi connectivity index (χ1v) is 10.4. The molecule has 1 heterocycles. The lowest BCUT2D eigenvalue weighted by Crippen LogP contribution is -2.32. The maximum absolute atomic E-state index is 12.8. The van der Waals surface area contributed by atoms with E-state index < -0.39 is 24.0 Å². The summed E-state index contributed by atoms with van der Waals surface area (Å²) in [6.07, 6.45) is -0.786. The minimum Gasteiger partial charge on any atom is -0.430 e. The van der Waals surface area contributed by atoms with E-state index in [9.17, 15) is 9.59 Å². The van der Waals surface area contributed by atoms with Crippen LogP contribution in [0.5, 0.6) is 0 Å². The van der Waals surface area contributed by atoms with Crippen molar-refractivity contribution in [3.63, 3.8) is 0 Å². The smallest absolute Gasteiger partial charge is 0.311 e. The summed E-state index contributed by atoms with van der Waals surface area (Å²) >= 11 is 6.21. The van der Waals surface area contributed by atoms with E-state index in [4.69, 9.17) is 16.3 Å². The van der Waals surface area contributed by atoms with E-state index in [-0.39, 0.29) is 0 Å². The van der Waals surface area contributed by atoms with E-state index in [1.165, 1.54) is 0 Å². The van der Waals surface area contributed by atoms with Gasteiger partial charge in [0.15, 0.2) is 0 Å². The van der Waals surface area contributed by atoms with Gasteiger partial charge in [-0.15, -0.1) is 0 Å². The Morgan fingerprint density at radius 2 is 1.74 bits per heavy atom. The van der Waals surface area contributed by atoms with Crippen molar-refractivity contribution in [3.05, 3.63) is 101 Å². The van der Waals surface area contributed by atoms with Crippen LogP contribution in [-0.4, -0.2) is 23.8 Å². The fourth-order valence-corrected chi connectivity index (χ4v) is 3.62. The van der Waals surface area contributed by atoms with Crippen LogP contribution in [0.3, 0.4) is 0 Å². The molecule has 6 heteroatoms. The average Bonchev–Trinajstić information content (AvgIpc) is 2.91. The number of ether oxygens (including phenoxy) is 1. The minimum atomic E-state index is -1.30. The molecule has 1 unspecified atom stereocenters. The van der Waals surface area contributed by atoms with Crippen molar-refractivity contribution < 1.29 is 14.3 Å². The first-order valence-electron chi connectivity index (χ1n) is 9.99. The Labute approximate surface area is 185 Å². The fraction of sp³-hybridized carbons (Fsp3) is 0.160. The molecule has 5 nitrogen and oxygen atoms in total. The van der Waals surface area contributed by atoms with Gasteiger partial charge in [0, 0.05) is 16.1 Å². The molecule has 0 fully saturated rings. The van der Waals surface area contributed by atoms with Gasteiger partial charge < -0.3 is 10.1 Å². The van der Waals surface area contributed by atoms with Gasteiger partial charge in [-0.25, -0.2) is 4.99 Å². The molecule has 4 rings (SSSR count). The van der Waals surface area contributed by atoms with E-state index in [1.807, 2.05) is 60.7 Å². The zero-order valence-electron chi connectivity index (χ0n) is 16.9. The van der Waals surface area contributed by atoms with E-state index >= 15 is 0 Å². The number of carbonyl (C=O) groups excluding carboxylic acids is 2. The lowest BCUT2D eigenvalue weighted by molar-refractivity contribution is -0.157. The van der Waals surface area contributed by atoms with Gasteiger partial charge in [-0.1, -0.05) is 79.2 Å². The van der Waals surface area contributed by atoms with Crippen molar-refractivity contribution in [3.8, 4) is 0 Å². The number of benzodiazepines with no additional fused rings is 1. The molecular formula is C25H21ClN2O3. The van der Waals surface area contributed by atoms with E-state index in [0.29, 0.717) is 28.4 Å². The molecule has 3 aromatic carbocycles. The second-order valence-corrected chi connectivity index (χ2v) is 7.84. The Bertz CT molecular complexity index is 1130. The zero-order chi connectivity index (χ0) is 21.8. The Morgan fingerprint density at radius 1 is 1.06 bits per heavy atom. The number of hydrogen-bond acceptors (Lipinski definition) is 4. The van der Waals surface area contributed by atoms with Crippen molar-refractivity contribution >= 4 is 34.9 Å². The summed E-state index contributed by atoms with van der Waals surface area (Å²) in [5.74, 6) is -1.41. The largest absolute Gasteiger partial charge is 0.430 e. The minimum absolute atomic E-state index is 0.425. The number of carbonyl (C=O) groups is 2. The molecule has 1 aliphatic rings. The van der Waals surface area contributed by atoms with Gasteiger partial charge in [0.1, 0.15) is 0 Å². The molecule has 0 saturated heterocycles. The number of benzene rings is 3. The van der Waals surface area contributed by atoms with Crippen molar-refractivity contribution in [1.29, 1.82) is 0 Å². The van der Waals surface area contributed by atoms with Crippen LogP contribution in [0.15, 0.2) is 83.9 Å². The predicted molar refractivity (Wildman–Crippen MR) is 121 cm³/mol. The second kappa shape index (κ2) is 9.14. The molecule has 1 aliphatic heterocycles. The number of nitrogens with zero attached hydrogens (tertiary/aromatic N) is 1. The highest BCUT2D eigenvalue weighted by molar-refractivity contribution is 6.32. The van der Waals surface area contributed by atoms with E-state index in [1.54, 1.807) is 25.1 Å². The molecule has 0 aliphatic carbocycles. The third-order valence-electron chi connectivity index (χ3n) is 5.03. The van der Waals surface area contributed by atoms with Gasteiger partial charge in [-0.05, 0) is 30.2 Å². The molecule has 31 heavy (non-hydrogen) atoms. The number of fused-ring (bicyclic) bond motifs is 1. The van der Waals surface area contributed by atoms with Gasteiger partial charge in [0.25, 0.3) is 12.1 Å². The van der Waals surface area contributed by atoms with Crippen molar-refractivity contribution in [2.45, 2.75) is 19.6 Å². The van der Waals surface area contributed by atoms with Crippen molar-refractivity contribution in [1.82, 2.24) is 0 Å². The second-order valence-electron chi connectivity index (χ2n) is 7.40. The number of esters is 1. The molecule has 0 radical (unpaired) electrons. The van der Waals surface area contributed by atoms with Crippen LogP contribution in [0.1, 0.15) is 23.6 Å². The number of aliphatic imine (C=N–C) groups is 1. The van der Waals surface area contributed by atoms with Crippen LogP contribution in [0.2, 0.25) is 5.02 Å². The topological polar surface area (TPSA) is 67.8 Å². The van der Waals surface area contributed by atoms with Crippen LogP contribution in [0, 0.1) is 5.92 Å². The van der Waals surface area contributed by atoms with Crippen LogP contribution in [0.4, 0.5) is 5.69 Å².